The topological polar surface area (TPSA) is 79.4 Å². The van der Waals surface area contributed by atoms with E-state index in [1.165, 1.54) is 0 Å². The zero-order valence-electron chi connectivity index (χ0n) is 17.4. The van der Waals surface area contributed by atoms with Gasteiger partial charge in [-0.1, -0.05) is 6.07 Å². The molecule has 0 spiro atoms. The monoisotopic (exact) mass is 419 g/mol. The summed E-state index contributed by atoms with van der Waals surface area (Å²) in [6, 6.07) is 7.75. The minimum absolute atomic E-state index is 0. The number of aryl methyl sites for hydroxylation is 1. The van der Waals surface area contributed by atoms with Crippen LogP contribution >= 0.6 is 12.4 Å². The molecule has 0 unspecified atom stereocenters. The fourth-order valence-corrected chi connectivity index (χ4v) is 3.55. The Balaban J connectivity index is 0.00000300. The van der Waals surface area contributed by atoms with Crippen molar-refractivity contribution >= 4 is 30.1 Å². The Morgan fingerprint density at radius 1 is 1.17 bits per heavy atom. The van der Waals surface area contributed by atoms with Crippen LogP contribution in [0.3, 0.4) is 0 Å². The number of aromatic nitrogens is 2. The third kappa shape index (κ3) is 5.97. The molecule has 1 amide bonds. The van der Waals surface area contributed by atoms with Crippen LogP contribution < -0.4 is 20.3 Å². The molecule has 2 N–H and O–H groups in total. The summed E-state index contributed by atoms with van der Waals surface area (Å²) in [5, 5.41) is 6.59. The third-order valence-electron chi connectivity index (χ3n) is 5.10. The van der Waals surface area contributed by atoms with Gasteiger partial charge in [-0.05, 0) is 50.8 Å². The normalized spacial score (nSPS) is 18.3. The number of carbonyl (C=O) groups is 1. The maximum atomic E-state index is 12.5. The fraction of sp³-hybridized carbons (Fsp3) is 0.476. The van der Waals surface area contributed by atoms with Crippen LogP contribution in [0.4, 0.5) is 11.8 Å². The van der Waals surface area contributed by atoms with E-state index < -0.39 is 0 Å². The molecule has 0 aliphatic heterocycles. The Labute approximate surface area is 178 Å². The number of carbonyl (C=O) groups excluding carboxylic acids is 1. The van der Waals surface area contributed by atoms with Gasteiger partial charge >= 0.3 is 0 Å². The van der Waals surface area contributed by atoms with Crippen LogP contribution in [-0.2, 0) is 0 Å². The minimum atomic E-state index is -0.0483. The summed E-state index contributed by atoms with van der Waals surface area (Å²) in [4.78, 5) is 23.5. The Morgan fingerprint density at radius 2 is 1.86 bits per heavy atom. The summed E-state index contributed by atoms with van der Waals surface area (Å²) in [6.45, 7) is 2.01. The van der Waals surface area contributed by atoms with Crippen LogP contribution in [0, 0.1) is 6.92 Å². The van der Waals surface area contributed by atoms with E-state index in [0.29, 0.717) is 23.3 Å². The van der Waals surface area contributed by atoms with Crippen molar-refractivity contribution in [2.24, 2.45) is 0 Å². The van der Waals surface area contributed by atoms with E-state index in [4.69, 9.17) is 4.74 Å². The Kier molecular flexibility index (Phi) is 8.08. The lowest BCUT2D eigenvalue weighted by Crippen LogP contribution is -2.40. The van der Waals surface area contributed by atoms with Crippen LogP contribution in [0.25, 0.3) is 0 Å². The number of rotatable bonds is 6. The summed E-state index contributed by atoms with van der Waals surface area (Å²) in [6.07, 6.45) is 5.65. The average Bonchev–Trinajstić information content (AvgIpc) is 2.70. The van der Waals surface area contributed by atoms with Gasteiger partial charge in [0.2, 0.25) is 5.95 Å². The van der Waals surface area contributed by atoms with Crippen molar-refractivity contribution in [3.8, 4) is 5.75 Å². The van der Waals surface area contributed by atoms with Crippen molar-refractivity contribution in [3.63, 3.8) is 0 Å². The second kappa shape index (κ2) is 10.3. The van der Waals surface area contributed by atoms with Gasteiger partial charge in [0.1, 0.15) is 11.6 Å². The van der Waals surface area contributed by atoms with E-state index in [-0.39, 0.29) is 24.4 Å². The van der Waals surface area contributed by atoms with Crippen LogP contribution in [0.15, 0.2) is 30.5 Å². The number of amides is 1. The summed E-state index contributed by atoms with van der Waals surface area (Å²) in [7, 11) is 5.56. The van der Waals surface area contributed by atoms with Crippen LogP contribution in [-0.4, -0.2) is 49.2 Å². The van der Waals surface area contributed by atoms with Crippen molar-refractivity contribution < 1.29 is 9.53 Å². The Bertz CT molecular complexity index is 822. The number of methoxy groups -OCH3 is 1. The molecule has 1 saturated carbocycles. The summed E-state index contributed by atoms with van der Waals surface area (Å²) < 4.78 is 5.19. The maximum Gasteiger partial charge on any atom is 0.251 e. The number of halogens is 1. The standard InChI is InChI=1S/C21H29N5O2.ClH/c1-14-13-22-21(25-19(14)26(2)3)24-17-10-8-16(9-11-17)23-20(27)15-6-5-7-18(12-15)28-4;/h5-7,12-13,16-17H,8-11H2,1-4H3,(H,23,27)(H,22,24,25);1H. The molecule has 1 aromatic carbocycles. The predicted octanol–water partition coefficient (Wildman–Crippen LogP) is 3.43. The predicted molar refractivity (Wildman–Crippen MR) is 118 cm³/mol. The first-order valence-electron chi connectivity index (χ1n) is 9.68. The van der Waals surface area contributed by atoms with Crippen molar-refractivity contribution in [3.05, 3.63) is 41.6 Å². The van der Waals surface area contributed by atoms with E-state index in [1.807, 2.05) is 50.3 Å². The second-order valence-corrected chi connectivity index (χ2v) is 7.49. The van der Waals surface area contributed by atoms with Crippen molar-refractivity contribution in [1.29, 1.82) is 0 Å². The molecule has 1 heterocycles. The summed E-state index contributed by atoms with van der Waals surface area (Å²) >= 11 is 0. The molecule has 1 aliphatic rings. The molecule has 0 saturated heterocycles. The van der Waals surface area contributed by atoms with Crippen LogP contribution in [0.5, 0.6) is 5.75 Å². The number of nitrogens with zero attached hydrogens (tertiary/aromatic N) is 3. The molecule has 0 radical (unpaired) electrons. The largest absolute Gasteiger partial charge is 0.497 e. The van der Waals surface area contributed by atoms with Crippen molar-refractivity contribution in [1.82, 2.24) is 15.3 Å². The number of nitrogens with one attached hydrogen (secondary N) is 2. The molecule has 0 bridgehead atoms. The summed E-state index contributed by atoms with van der Waals surface area (Å²) in [5.74, 6) is 2.23. The number of ether oxygens (including phenoxy) is 1. The highest BCUT2D eigenvalue weighted by molar-refractivity contribution is 5.94. The smallest absolute Gasteiger partial charge is 0.251 e. The maximum absolute atomic E-state index is 12.5. The second-order valence-electron chi connectivity index (χ2n) is 7.49. The molecule has 1 aliphatic carbocycles. The lowest BCUT2D eigenvalue weighted by atomic mass is 9.91. The average molecular weight is 420 g/mol. The lowest BCUT2D eigenvalue weighted by Gasteiger charge is -2.30. The highest BCUT2D eigenvalue weighted by atomic mass is 35.5. The van der Waals surface area contributed by atoms with Gasteiger partial charge in [-0.25, -0.2) is 4.98 Å². The van der Waals surface area contributed by atoms with Crippen LogP contribution in [0.2, 0.25) is 0 Å². The van der Waals surface area contributed by atoms with Gasteiger partial charge in [0.05, 0.1) is 7.11 Å². The fourth-order valence-electron chi connectivity index (χ4n) is 3.55. The van der Waals surface area contributed by atoms with Gasteiger partial charge in [0.15, 0.2) is 0 Å². The van der Waals surface area contributed by atoms with Gasteiger partial charge in [-0.2, -0.15) is 4.98 Å². The summed E-state index contributed by atoms with van der Waals surface area (Å²) in [5.41, 5.74) is 1.68. The van der Waals surface area contributed by atoms with Crippen LogP contribution in [0.1, 0.15) is 41.6 Å². The molecule has 3 rings (SSSR count). The highest BCUT2D eigenvalue weighted by Crippen LogP contribution is 2.23. The van der Waals surface area contributed by atoms with E-state index in [0.717, 1.165) is 37.1 Å². The van der Waals surface area contributed by atoms with E-state index in [2.05, 4.69) is 20.6 Å². The first-order valence-corrected chi connectivity index (χ1v) is 9.68. The van der Waals surface area contributed by atoms with Gasteiger partial charge < -0.3 is 20.3 Å². The molecule has 0 atom stereocenters. The number of hydrogen-bond donors (Lipinski definition) is 2. The lowest BCUT2D eigenvalue weighted by molar-refractivity contribution is 0.0926. The first kappa shape index (κ1) is 22.7. The Morgan fingerprint density at radius 3 is 2.52 bits per heavy atom. The number of benzene rings is 1. The number of anilines is 2. The van der Waals surface area contributed by atoms with E-state index >= 15 is 0 Å². The van der Waals surface area contributed by atoms with Crippen molar-refractivity contribution in [2.45, 2.75) is 44.7 Å². The van der Waals surface area contributed by atoms with Gasteiger partial charge in [0.25, 0.3) is 5.91 Å². The zero-order valence-corrected chi connectivity index (χ0v) is 18.3. The Hall–Kier alpha value is -2.54. The van der Waals surface area contributed by atoms with Gasteiger partial charge in [0, 0.05) is 43.5 Å². The van der Waals surface area contributed by atoms with E-state index in [1.54, 1.807) is 13.2 Å². The first-order chi connectivity index (χ1) is 13.5. The number of hydrogen-bond acceptors (Lipinski definition) is 6. The van der Waals surface area contributed by atoms with Gasteiger partial charge in [-0.3, -0.25) is 4.79 Å². The van der Waals surface area contributed by atoms with Crippen molar-refractivity contribution in [2.75, 3.05) is 31.4 Å². The van der Waals surface area contributed by atoms with Gasteiger partial charge in [-0.15, -0.1) is 12.4 Å². The highest BCUT2D eigenvalue weighted by Gasteiger charge is 2.23. The molecule has 1 aromatic heterocycles. The molecule has 2 aromatic rings. The molecular formula is C21H30ClN5O2. The molecule has 1 fully saturated rings. The third-order valence-corrected chi connectivity index (χ3v) is 5.10. The zero-order chi connectivity index (χ0) is 20.1. The molecule has 158 valence electrons. The minimum Gasteiger partial charge on any atom is -0.497 e. The molecule has 8 heteroatoms. The quantitative estimate of drug-likeness (QED) is 0.746. The molecule has 7 nitrogen and oxygen atoms in total. The van der Waals surface area contributed by atoms with E-state index in [9.17, 15) is 4.79 Å². The molecule has 29 heavy (non-hydrogen) atoms. The SMILES string of the molecule is COc1cccc(C(=O)NC2CCC(Nc3ncc(C)c(N(C)C)n3)CC2)c1.Cl. The molecular weight excluding hydrogens is 390 g/mol.